The zero-order valence-corrected chi connectivity index (χ0v) is 28.9. The summed E-state index contributed by atoms with van der Waals surface area (Å²) in [6, 6.07) is 53.2. The largest absolute Gasteiger partial charge is 0.457 e. The molecule has 8 aromatic rings. The topological polar surface area (TPSA) is 50.4 Å². The standard InChI is InChI=1S/C49H33N3O/c50-48(32-15-2-1-3-16-32)35-19-7-11-23-42(35)51-30-52-43-27-26-31-14-4-5-17-33(31)47(43)37-28-36-34-18-6-8-20-38(34)49(41(36)29-44(37)52)39-21-9-12-24-45(39)53-46-25-13-10-22-40(46)49/h1-4,6-16,18-30,50H,5,17H2/b50-48?,51-30+. The maximum Gasteiger partial charge on any atom is 0.132 e. The van der Waals surface area contributed by atoms with Crippen LogP contribution >= 0.6 is 0 Å². The first-order valence-electron chi connectivity index (χ1n) is 18.3. The van der Waals surface area contributed by atoms with Gasteiger partial charge in [-0.2, -0.15) is 0 Å². The minimum Gasteiger partial charge on any atom is -0.457 e. The Morgan fingerprint density at radius 3 is 2.17 bits per heavy atom. The summed E-state index contributed by atoms with van der Waals surface area (Å²) in [5.74, 6) is 1.77. The number of hydrogen-bond donors (Lipinski definition) is 1. The number of benzene rings is 7. The van der Waals surface area contributed by atoms with Gasteiger partial charge in [0.15, 0.2) is 0 Å². The number of ether oxygens (including phenoxy) is 1. The Labute approximate surface area is 307 Å². The van der Waals surface area contributed by atoms with Crippen molar-refractivity contribution in [3.8, 4) is 22.6 Å². The molecule has 0 unspecified atom stereocenters. The molecular weight excluding hydrogens is 647 g/mol. The van der Waals surface area contributed by atoms with Crippen molar-refractivity contribution in [3.63, 3.8) is 0 Å². The highest BCUT2D eigenvalue weighted by molar-refractivity contribution is 6.17. The highest BCUT2D eigenvalue weighted by Gasteiger charge is 2.51. The van der Waals surface area contributed by atoms with Gasteiger partial charge in [0.2, 0.25) is 0 Å². The number of nitrogens with zero attached hydrogens (tertiary/aromatic N) is 2. The van der Waals surface area contributed by atoms with Gasteiger partial charge in [0, 0.05) is 33.0 Å². The zero-order chi connectivity index (χ0) is 35.1. The van der Waals surface area contributed by atoms with Crippen LogP contribution in [0.15, 0.2) is 163 Å². The second-order valence-corrected chi connectivity index (χ2v) is 14.1. The lowest BCUT2D eigenvalue weighted by Gasteiger charge is -2.39. The molecular formula is C49H33N3O. The van der Waals surface area contributed by atoms with Crippen molar-refractivity contribution in [3.05, 3.63) is 202 Å². The van der Waals surface area contributed by atoms with Gasteiger partial charge in [-0.25, -0.2) is 4.99 Å². The summed E-state index contributed by atoms with van der Waals surface area (Å²) in [6.45, 7) is 0. The SMILES string of the molecule is N=C(c1ccccc1)c1ccccc1/N=C/n1c2cc3c(cc2c2c4c(ccc21)C=CCC4)-c1ccccc1C31c2ccccc2Oc2ccccc21. The lowest BCUT2D eigenvalue weighted by atomic mass is 9.66. The van der Waals surface area contributed by atoms with Crippen molar-refractivity contribution in [2.24, 2.45) is 4.99 Å². The summed E-state index contributed by atoms with van der Waals surface area (Å²) in [7, 11) is 0. The van der Waals surface area contributed by atoms with E-state index in [-0.39, 0.29) is 0 Å². The van der Waals surface area contributed by atoms with Crippen LogP contribution in [0.25, 0.3) is 39.0 Å². The molecule has 2 aliphatic carbocycles. The Kier molecular flexibility index (Phi) is 6.41. The van der Waals surface area contributed by atoms with E-state index in [9.17, 15) is 0 Å². The fourth-order valence-corrected chi connectivity index (χ4v) is 9.23. The maximum absolute atomic E-state index is 9.11. The van der Waals surface area contributed by atoms with Crippen LogP contribution in [0.3, 0.4) is 0 Å². The maximum atomic E-state index is 9.11. The van der Waals surface area contributed by atoms with Gasteiger partial charge in [-0.3, -0.25) is 9.98 Å². The predicted molar refractivity (Wildman–Crippen MR) is 217 cm³/mol. The number of allylic oxidation sites excluding steroid dienone is 1. The quantitative estimate of drug-likeness (QED) is 0.146. The summed E-state index contributed by atoms with van der Waals surface area (Å²) in [5.41, 5.74) is 14.5. The van der Waals surface area contributed by atoms with Gasteiger partial charge >= 0.3 is 0 Å². The van der Waals surface area contributed by atoms with Crippen molar-refractivity contribution < 1.29 is 4.74 Å². The second kappa shape index (κ2) is 11.4. The van der Waals surface area contributed by atoms with E-state index in [0.29, 0.717) is 5.71 Å². The van der Waals surface area contributed by atoms with Crippen LogP contribution in [0.4, 0.5) is 5.69 Å². The second-order valence-electron chi connectivity index (χ2n) is 14.1. The summed E-state index contributed by atoms with van der Waals surface area (Å²) in [5, 5.41) is 11.6. The smallest absolute Gasteiger partial charge is 0.132 e. The monoisotopic (exact) mass is 679 g/mol. The molecule has 0 saturated heterocycles. The third-order valence-electron chi connectivity index (χ3n) is 11.5. The van der Waals surface area contributed by atoms with Gasteiger partial charge in [0.25, 0.3) is 0 Å². The van der Waals surface area contributed by atoms with Crippen LogP contribution in [0.2, 0.25) is 0 Å². The summed E-state index contributed by atoms with van der Waals surface area (Å²) < 4.78 is 8.89. The van der Waals surface area contributed by atoms with E-state index in [1.54, 1.807) is 0 Å². The fourth-order valence-electron chi connectivity index (χ4n) is 9.23. The molecule has 0 saturated carbocycles. The number of aromatic nitrogens is 1. The third-order valence-corrected chi connectivity index (χ3v) is 11.5. The molecule has 11 rings (SSSR count). The molecule has 2 heterocycles. The molecule has 1 aliphatic heterocycles. The van der Waals surface area contributed by atoms with E-state index < -0.39 is 5.41 Å². The first kappa shape index (κ1) is 29.9. The van der Waals surface area contributed by atoms with Crippen LogP contribution in [0.1, 0.15) is 50.9 Å². The van der Waals surface area contributed by atoms with Gasteiger partial charge in [-0.05, 0) is 82.6 Å². The summed E-state index contributed by atoms with van der Waals surface area (Å²) >= 11 is 0. The number of rotatable bonds is 4. The molecule has 0 amide bonds. The van der Waals surface area contributed by atoms with E-state index in [1.165, 1.54) is 44.2 Å². The molecule has 7 aromatic carbocycles. The molecule has 1 aromatic heterocycles. The molecule has 0 atom stereocenters. The van der Waals surface area contributed by atoms with Gasteiger partial charge in [-0.15, -0.1) is 0 Å². The number of nitrogens with one attached hydrogen (secondary N) is 1. The molecule has 0 fully saturated rings. The van der Waals surface area contributed by atoms with Crippen LogP contribution in [0.5, 0.6) is 11.5 Å². The summed E-state index contributed by atoms with van der Waals surface area (Å²) in [6.07, 6.45) is 8.54. The first-order valence-corrected chi connectivity index (χ1v) is 18.3. The minimum absolute atomic E-state index is 0.454. The Bertz CT molecular complexity index is 2850. The normalized spacial score (nSPS) is 14.5. The highest BCUT2D eigenvalue weighted by Crippen LogP contribution is 2.62. The van der Waals surface area contributed by atoms with Crippen LogP contribution in [-0.4, -0.2) is 16.6 Å². The van der Waals surface area contributed by atoms with Crippen molar-refractivity contribution in [1.82, 2.24) is 4.57 Å². The predicted octanol–water partition coefficient (Wildman–Crippen LogP) is 11.8. The van der Waals surface area contributed by atoms with Crippen LogP contribution in [0, 0.1) is 5.41 Å². The first-order chi connectivity index (χ1) is 26.2. The molecule has 1 spiro atoms. The third kappa shape index (κ3) is 4.18. The zero-order valence-electron chi connectivity index (χ0n) is 28.9. The van der Waals surface area contributed by atoms with Crippen molar-refractivity contribution in [2.45, 2.75) is 18.3 Å². The molecule has 250 valence electrons. The average molecular weight is 680 g/mol. The number of aliphatic imine (C=N–C) groups is 1. The highest BCUT2D eigenvalue weighted by atomic mass is 16.5. The van der Waals surface area contributed by atoms with Gasteiger partial charge in [-0.1, -0.05) is 127 Å². The molecule has 4 nitrogen and oxygen atoms in total. The molecule has 0 radical (unpaired) electrons. The van der Waals surface area contributed by atoms with E-state index in [0.717, 1.165) is 63.3 Å². The van der Waals surface area contributed by atoms with Crippen LogP contribution in [-0.2, 0) is 11.8 Å². The van der Waals surface area contributed by atoms with Gasteiger partial charge in [0.1, 0.15) is 17.8 Å². The van der Waals surface area contributed by atoms with Crippen molar-refractivity contribution in [2.75, 3.05) is 0 Å². The Morgan fingerprint density at radius 1 is 0.660 bits per heavy atom. The molecule has 0 bridgehead atoms. The molecule has 1 N–H and O–H groups in total. The van der Waals surface area contributed by atoms with E-state index in [4.69, 9.17) is 15.1 Å². The van der Waals surface area contributed by atoms with Crippen LogP contribution < -0.4 is 4.74 Å². The minimum atomic E-state index is -0.566. The molecule has 53 heavy (non-hydrogen) atoms. The Morgan fingerprint density at radius 2 is 1.36 bits per heavy atom. The number of fused-ring (bicyclic) bond motifs is 14. The van der Waals surface area contributed by atoms with E-state index in [1.807, 2.05) is 60.9 Å². The number of hydrogen-bond acceptors (Lipinski definition) is 3. The number of aryl methyl sites for hydroxylation is 1. The molecule has 3 aliphatic rings. The van der Waals surface area contributed by atoms with E-state index in [2.05, 4.69) is 114 Å². The Balaban J connectivity index is 1.22. The number of para-hydroxylation sites is 3. The summed E-state index contributed by atoms with van der Waals surface area (Å²) in [4.78, 5) is 5.18. The van der Waals surface area contributed by atoms with E-state index >= 15 is 0 Å². The van der Waals surface area contributed by atoms with Crippen molar-refractivity contribution in [1.29, 1.82) is 5.41 Å². The lowest BCUT2D eigenvalue weighted by Crippen LogP contribution is -2.32. The lowest BCUT2D eigenvalue weighted by molar-refractivity contribution is 0.436. The Hall–Kier alpha value is -6.78. The fraction of sp³-hybridized carbons (Fsp3) is 0.0612. The molecule has 4 heteroatoms. The van der Waals surface area contributed by atoms with Gasteiger partial charge < -0.3 is 4.74 Å². The van der Waals surface area contributed by atoms with Crippen molar-refractivity contribution >= 4 is 45.6 Å². The van der Waals surface area contributed by atoms with Gasteiger partial charge in [0.05, 0.1) is 27.8 Å². The average Bonchev–Trinajstić information content (AvgIpc) is 3.69.